The molecule has 1 aliphatic heterocycles. The first kappa shape index (κ1) is 25.7. The summed E-state index contributed by atoms with van der Waals surface area (Å²) in [5, 5.41) is 13.4. The van der Waals surface area contributed by atoms with Crippen LogP contribution in [-0.4, -0.2) is 58.9 Å². The highest BCUT2D eigenvalue weighted by Crippen LogP contribution is 2.30. The maximum absolute atomic E-state index is 13.3. The molecule has 5 rings (SSSR count). The van der Waals surface area contributed by atoms with Gasteiger partial charge in [0.25, 0.3) is 5.91 Å². The van der Waals surface area contributed by atoms with Crippen LogP contribution in [-0.2, 0) is 16.6 Å². The molecule has 3 aromatic rings. The highest BCUT2D eigenvalue weighted by atomic mass is 16.5. The van der Waals surface area contributed by atoms with E-state index in [-0.39, 0.29) is 11.8 Å². The van der Waals surface area contributed by atoms with Crippen LogP contribution in [0.2, 0.25) is 0 Å². The van der Waals surface area contributed by atoms with Gasteiger partial charge in [0.2, 0.25) is 5.91 Å². The predicted octanol–water partition coefficient (Wildman–Crippen LogP) is 3.71. The van der Waals surface area contributed by atoms with Crippen LogP contribution in [0.25, 0.3) is 0 Å². The lowest BCUT2D eigenvalue weighted by Gasteiger charge is -2.30. The molecule has 0 unspecified atom stereocenters. The average Bonchev–Trinajstić information content (AvgIpc) is 3.60. The molecule has 1 aliphatic carbocycles. The van der Waals surface area contributed by atoms with Crippen molar-refractivity contribution in [3.63, 3.8) is 0 Å². The quantitative estimate of drug-likeness (QED) is 0.397. The van der Waals surface area contributed by atoms with Gasteiger partial charge in [0.1, 0.15) is 6.04 Å². The number of carbonyl (C=O) groups is 2. The number of aromatic nitrogens is 3. The fourth-order valence-corrected chi connectivity index (χ4v) is 5.22. The lowest BCUT2D eigenvalue weighted by Crippen LogP contribution is -2.44. The number of nitrogens with zero attached hydrogens (tertiary/aromatic N) is 4. The SMILES string of the molecule is Cn1cc(NC(=O)[C@H](CC2CCCC2)NC(=O)c2cccc(Nc3cnccc3N3CCOCC3)c2)cn1. The minimum absolute atomic E-state index is 0.224. The average molecular weight is 518 g/mol. The van der Waals surface area contributed by atoms with Crippen LogP contribution in [0.4, 0.5) is 22.7 Å². The summed E-state index contributed by atoms with van der Waals surface area (Å²) in [6.45, 7) is 3.00. The Morgan fingerprint density at radius 3 is 2.68 bits per heavy atom. The van der Waals surface area contributed by atoms with E-state index in [4.69, 9.17) is 4.74 Å². The van der Waals surface area contributed by atoms with Crippen molar-refractivity contribution in [3.05, 3.63) is 60.7 Å². The first-order chi connectivity index (χ1) is 18.5. The van der Waals surface area contributed by atoms with Crippen LogP contribution in [0.3, 0.4) is 0 Å². The lowest BCUT2D eigenvalue weighted by atomic mass is 9.97. The molecule has 10 heteroatoms. The molecule has 1 atom stereocenters. The summed E-state index contributed by atoms with van der Waals surface area (Å²) in [6, 6.07) is 8.67. The molecule has 1 aromatic carbocycles. The van der Waals surface area contributed by atoms with Crippen molar-refractivity contribution in [1.82, 2.24) is 20.1 Å². The molecule has 2 aromatic heterocycles. The number of ether oxygens (including phenoxy) is 1. The zero-order valence-electron chi connectivity index (χ0n) is 21.7. The fourth-order valence-electron chi connectivity index (χ4n) is 5.22. The largest absolute Gasteiger partial charge is 0.378 e. The Bertz CT molecular complexity index is 1250. The second kappa shape index (κ2) is 12.1. The van der Waals surface area contributed by atoms with Gasteiger partial charge in [-0.05, 0) is 36.6 Å². The Labute approximate surface area is 222 Å². The minimum Gasteiger partial charge on any atom is -0.378 e. The summed E-state index contributed by atoms with van der Waals surface area (Å²) in [5.41, 5.74) is 3.77. The summed E-state index contributed by atoms with van der Waals surface area (Å²) in [6.07, 6.45) is 12.0. The molecule has 0 spiro atoms. The second-order valence-electron chi connectivity index (χ2n) is 10.0. The number of pyridine rings is 1. The van der Waals surface area contributed by atoms with Crippen LogP contribution in [0, 0.1) is 5.92 Å². The molecule has 3 heterocycles. The lowest BCUT2D eigenvalue weighted by molar-refractivity contribution is -0.118. The summed E-state index contributed by atoms with van der Waals surface area (Å²) in [4.78, 5) is 33.1. The predicted molar refractivity (Wildman–Crippen MR) is 147 cm³/mol. The van der Waals surface area contributed by atoms with Crippen LogP contribution in [0.15, 0.2) is 55.1 Å². The Balaban J connectivity index is 1.29. The number of anilines is 4. The monoisotopic (exact) mass is 517 g/mol. The van der Waals surface area contributed by atoms with Crippen molar-refractivity contribution in [3.8, 4) is 0 Å². The molecule has 38 heavy (non-hydrogen) atoms. The maximum Gasteiger partial charge on any atom is 0.252 e. The zero-order valence-corrected chi connectivity index (χ0v) is 21.7. The molecule has 2 aliphatic rings. The third kappa shape index (κ3) is 6.49. The number of morpholine rings is 1. The standard InChI is InChI=1S/C28H35N7O3/c1-34-19-23(17-30-34)32-28(37)24(15-20-5-2-3-6-20)33-27(36)21-7-4-8-22(16-21)31-25-18-29-10-9-26(25)35-11-13-38-14-12-35/h4,7-10,16-20,24,31H,2-3,5-6,11-15H2,1H3,(H,32,37)(H,33,36)/t24-/m0/s1. The van der Waals surface area contributed by atoms with Gasteiger partial charge in [-0.25, -0.2) is 0 Å². The molecule has 0 radical (unpaired) electrons. The van der Waals surface area contributed by atoms with Crippen molar-refractivity contribution in [2.45, 2.75) is 38.1 Å². The molecule has 2 fully saturated rings. The number of amides is 2. The van der Waals surface area contributed by atoms with Gasteiger partial charge >= 0.3 is 0 Å². The molecule has 3 N–H and O–H groups in total. The Kier molecular flexibility index (Phi) is 8.18. The summed E-state index contributed by atoms with van der Waals surface area (Å²) in [7, 11) is 1.80. The molecule has 2 amide bonds. The van der Waals surface area contributed by atoms with Crippen molar-refractivity contribution in [2.75, 3.05) is 41.8 Å². The highest BCUT2D eigenvalue weighted by Gasteiger charge is 2.27. The van der Waals surface area contributed by atoms with E-state index in [0.29, 0.717) is 36.8 Å². The Morgan fingerprint density at radius 2 is 1.92 bits per heavy atom. The summed E-state index contributed by atoms with van der Waals surface area (Å²) >= 11 is 0. The number of carbonyl (C=O) groups excluding carboxylic acids is 2. The number of nitrogens with one attached hydrogen (secondary N) is 3. The molecular formula is C28H35N7O3. The maximum atomic E-state index is 13.3. The Hall–Kier alpha value is -3.92. The first-order valence-electron chi connectivity index (χ1n) is 13.3. The van der Waals surface area contributed by atoms with E-state index in [1.807, 2.05) is 18.2 Å². The van der Waals surface area contributed by atoms with E-state index in [9.17, 15) is 9.59 Å². The van der Waals surface area contributed by atoms with Crippen molar-refractivity contribution in [1.29, 1.82) is 0 Å². The van der Waals surface area contributed by atoms with Crippen molar-refractivity contribution < 1.29 is 14.3 Å². The summed E-state index contributed by atoms with van der Waals surface area (Å²) in [5.74, 6) is -0.0762. The van der Waals surface area contributed by atoms with E-state index in [0.717, 1.165) is 43.0 Å². The van der Waals surface area contributed by atoms with Gasteiger partial charge in [0.15, 0.2) is 0 Å². The van der Waals surface area contributed by atoms with E-state index in [1.165, 1.54) is 12.8 Å². The molecule has 1 saturated carbocycles. The van der Waals surface area contributed by atoms with Gasteiger partial charge in [0, 0.05) is 43.8 Å². The number of hydrogen-bond acceptors (Lipinski definition) is 7. The van der Waals surface area contributed by atoms with E-state index < -0.39 is 6.04 Å². The van der Waals surface area contributed by atoms with Gasteiger partial charge < -0.3 is 25.6 Å². The minimum atomic E-state index is -0.631. The third-order valence-electron chi connectivity index (χ3n) is 7.19. The highest BCUT2D eigenvalue weighted by molar-refractivity contribution is 6.01. The normalized spacial score (nSPS) is 16.7. The van der Waals surface area contributed by atoms with Crippen LogP contribution in [0.5, 0.6) is 0 Å². The number of aryl methyl sites for hydroxylation is 1. The zero-order chi connectivity index (χ0) is 26.3. The van der Waals surface area contributed by atoms with Crippen molar-refractivity contribution in [2.24, 2.45) is 13.0 Å². The second-order valence-corrected chi connectivity index (χ2v) is 10.0. The smallest absolute Gasteiger partial charge is 0.252 e. The number of hydrogen-bond donors (Lipinski definition) is 3. The van der Waals surface area contributed by atoms with E-state index in [2.05, 4.69) is 30.9 Å². The van der Waals surface area contributed by atoms with Gasteiger partial charge in [-0.15, -0.1) is 0 Å². The fraction of sp³-hybridized carbons (Fsp3) is 0.429. The van der Waals surface area contributed by atoms with Gasteiger partial charge in [0.05, 0.1) is 42.7 Å². The van der Waals surface area contributed by atoms with Crippen LogP contribution >= 0.6 is 0 Å². The van der Waals surface area contributed by atoms with Gasteiger partial charge in [-0.2, -0.15) is 5.10 Å². The molecule has 10 nitrogen and oxygen atoms in total. The molecule has 200 valence electrons. The van der Waals surface area contributed by atoms with E-state index >= 15 is 0 Å². The Morgan fingerprint density at radius 1 is 1.11 bits per heavy atom. The van der Waals surface area contributed by atoms with Crippen molar-refractivity contribution >= 4 is 34.6 Å². The van der Waals surface area contributed by atoms with E-state index in [1.54, 1.807) is 48.6 Å². The summed E-state index contributed by atoms with van der Waals surface area (Å²) < 4.78 is 7.12. The first-order valence-corrected chi connectivity index (χ1v) is 13.3. The topological polar surface area (TPSA) is 113 Å². The van der Waals surface area contributed by atoms with Crippen LogP contribution < -0.4 is 20.9 Å². The molecule has 1 saturated heterocycles. The van der Waals surface area contributed by atoms with Crippen LogP contribution in [0.1, 0.15) is 42.5 Å². The van der Waals surface area contributed by atoms with Gasteiger partial charge in [-0.3, -0.25) is 19.3 Å². The number of rotatable bonds is 9. The number of benzene rings is 1. The third-order valence-corrected chi connectivity index (χ3v) is 7.19. The van der Waals surface area contributed by atoms with Gasteiger partial charge in [-0.1, -0.05) is 31.7 Å². The molecular weight excluding hydrogens is 482 g/mol. The molecule has 0 bridgehead atoms.